The number of carbonyl (C=O) groups excluding carboxylic acids is 1. The maximum Gasteiger partial charge on any atom is 0.393 e. The van der Waals surface area contributed by atoms with Gasteiger partial charge in [0, 0.05) is 18.4 Å². The van der Waals surface area contributed by atoms with Gasteiger partial charge in [0.2, 0.25) is 0 Å². The molecule has 9 heteroatoms. The van der Waals surface area contributed by atoms with Crippen molar-refractivity contribution in [1.82, 2.24) is 15.1 Å². The highest BCUT2D eigenvalue weighted by Gasteiger charge is 2.29. The molecular weight excluding hydrogens is 369 g/mol. The van der Waals surface area contributed by atoms with Crippen LogP contribution in [0.1, 0.15) is 34.9 Å². The van der Waals surface area contributed by atoms with Crippen LogP contribution in [0.3, 0.4) is 0 Å². The first kappa shape index (κ1) is 20.3. The second-order valence-electron chi connectivity index (χ2n) is 6.08. The lowest BCUT2D eigenvalue weighted by atomic mass is 10.1. The van der Waals surface area contributed by atoms with E-state index in [1.807, 2.05) is 0 Å². The average Bonchev–Trinajstić information content (AvgIpc) is 3.06. The maximum atomic E-state index is 12.7. The summed E-state index contributed by atoms with van der Waals surface area (Å²) in [4.78, 5) is 12.3. The first-order valence-corrected chi connectivity index (χ1v) is 8.14. The molecule has 1 aromatic carbocycles. The number of hydrogen-bond donors (Lipinski definition) is 2. The predicted octanol–water partition coefficient (Wildman–Crippen LogP) is 3.59. The van der Waals surface area contributed by atoms with Crippen LogP contribution in [-0.4, -0.2) is 35.0 Å². The van der Waals surface area contributed by atoms with Gasteiger partial charge in [0.15, 0.2) is 5.69 Å². The molecule has 2 heterocycles. The number of carbonyl (C=O) groups is 1. The van der Waals surface area contributed by atoms with Crippen LogP contribution in [0.25, 0.3) is 0 Å². The number of anilines is 1. The summed E-state index contributed by atoms with van der Waals surface area (Å²) < 4.78 is 39.7. The number of amides is 1. The number of nitrogens with zero attached hydrogens (tertiary/aromatic N) is 2. The SMILES string of the molecule is Cl.O=C(Nc1ccccc1CC(F)(F)F)c1ccn(C2CCCNC2)n1. The summed E-state index contributed by atoms with van der Waals surface area (Å²) in [6.07, 6.45) is -1.68. The molecule has 1 unspecified atom stereocenters. The summed E-state index contributed by atoms with van der Waals surface area (Å²) in [6.45, 7) is 1.76. The van der Waals surface area contributed by atoms with Crippen molar-refractivity contribution in [3.05, 3.63) is 47.8 Å². The molecule has 0 radical (unpaired) electrons. The van der Waals surface area contributed by atoms with E-state index in [1.165, 1.54) is 18.2 Å². The Morgan fingerprint density at radius 1 is 1.31 bits per heavy atom. The van der Waals surface area contributed by atoms with Gasteiger partial charge in [0.1, 0.15) is 0 Å². The van der Waals surface area contributed by atoms with Gasteiger partial charge in [-0.15, -0.1) is 12.4 Å². The van der Waals surface area contributed by atoms with Crippen LogP contribution >= 0.6 is 12.4 Å². The fourth-order valence-corrected chi connectivity index (χ4v) is 2.92. The number of benzene rings is 1. The number of hydrogen-bond acceptors (Lipinski definition) is 3. The van der Waals surface area contributed by atoms with Gasteiger partial charge in [-0.1, -0.05) is 18.2 Å². The topological polar surface area (TPSA) is 59.0 Å². The van der Waals surface area contributed by atoms with Crippen LogP contribution in [-0.2, 0) is 6.42 Å². The summed E-state index contributed by atoms with van der Waals surface area (Å²) in [5.74, 6) is -0.517. The highest BCUT2D eigenvalue weighted by Crippen LogP contribution is 2.26. The minimum absolute atomic E-state index is 0. The minimum Gasteiger partial charge on any atom is -0.320 e. The number of alkyl halides is 3. The van der Waals surface area contributed by atoms with E-state index in [1.54, 1.807) is 23.0 Å². The van der Waals surface area contributed by atoms with Gasteiger partial charge >= 0.3 is 6.18 Å². The lowest BCUT2D eigenvalue weighted by molar-refractivity contribution is -0.127. The summed E-state index contributed by atoms with van der Waals surface area (Å²) in [7, 11) is 0. The smallest absolute Gasteiger partial charge is 0.320 e. The molecular formula is C17H20ClF3N4O. The Hall–Kier alpha value is -2.06. The van der Waals surface area contributed by atoms with Gasteiger partial charge in [-0.25, -0.2) is 0 Å². The van der Waals surface area contributed by atoms with Crippen LogP contribution in [0.4, 0.5) is 18.9 Å². The van der Waals surface area contributed by atoms with Crippen LogP contribution in [0.15, 0.2) is 36.5 Å². The molecule has 0 bridgehead atoms. The first-order chi connectivity index (χ1) is 11.9. The molecule has 1 saturated heterocycles. The molecule has 0 spiro atoms. The summed E-state index contributed by atoms with van der Waals surface area (Å²) in [6, 6.07) is 7.68. The Morgan fingerprint density at radius 2 is 2.08 bits per heavy atom. The Balaban J connectivity index is 0.00000243. The van der Waals surface area contributed by atoms with Gasteiger partial charge in [-0.05, 0) is 37.1 Å². The number of para-hydroxylation sites is 1. The lowest BCUT2D eigenvalue weighted by Crippen LogP contribution is -2.32. The number of piperidine rings is 1. The molecule has 142 valence electrons. The van der Waals surface area contributed by atoms with Crippen LogP contribution < -0.4 is 10.6 Å². The van der Waals surface area contributed by atoms with Gasteiger partial charge < -0.3 is 10.6 Å². The minimum atomic E-state index is -4.34. The van der Waals surface area contributed by atoms with Crippen molar-refractivity contribution in [3.63, 3.8) is 0 Å². The standard InChI is InChI=1S/C17H19F3N4O.ClH/c18-17(19,20)10-12-4-1-2-6-14(12)22-16(25)15-7-9-24(23-15)13-5-3-8-21-11-13;/h1-2,4,6-7,9,13,21H,3,5,8,10-11H2,(H,22,25);1H. The normalized spacial score (nSPS) is 17.4. The van der Waals surface area contributed by atoms with E-state index in [9.17, 15) is 18.0 Å². The summed E-state index contributed by atoms with van der Waals surface area (Å²) in [5.41, 5.74) is 0.366. The highest BCUT2D eigenvalue weighted by molar-refractivity contribution is 6.03. The predicted molar refractivity (Wildman–Crippen MR) is 94.8 cm³/mol. The lowest BCUT2D eigenvalue weighted by Gasteiger charge is -2.22. The molecule has 5 nitrogen and oxygen atoms in total. The molecule has 1 aliphatic heterocycles. The van der Waals surface area contributed by atoms with E-state index in [0.29, 0.717) is 0 Å². The molecule has 1 fully saturated rings. The molecule has 1 aliphatic rings. The van der Waals surface area contributed by atoms with E-state index in [-0.39, 0.29) is 35.4 Å². The Morgan fingerprint density at radius 3 is 2.77 bits per heavy atom. The van der Waals surface area contributed by atoms with Crippen LogP contribution in [0.5, 0.6) is 0 Å². The molecule has 3 rings (SSSR count). The third-order valence-electron chi connectivity index (χ3n) is 4.14. The van der Waals surface area contributed by atoms with Gasteiger partial charge in [0.05, 0.1) is 12.5 Å². The van der Waals surface area contributed by atoms with Crippen molar-refractivity contribution in [2.24, 2.45) is 0 Å². The first-order valence-electron chi connectivity index (χ1n) is 8.14. The molecule has 0 saturated carbocycles. The molecule has 0 aliphatic carbocycles. The summed E-state index contributed by atoms with van der Waals surface area (Å²) in [5, 5.41) is 10.1. The largest absolute Gasteiger partial charge is 0.393 e. The van der Waals surface area contributed by atoms with Gasteiger partial charge in [-0.3, -0.25) is 9.48 Å². The van der Waals surface area contributed by atoms with E-state index in [4.69, 9.17) is 0 Å². The van der Waals surface area contributed by atoms with Crippen molar-refractivity contribution >= 4 is 24.0 Å². The Labute approximate surface area is 155 Å². The van der Waals surface area contributed by atoms with E-state index >= 15 is 0 Å². The third-order valence-corrected chi connectivity index (χ3v) is 4.14. The zero-order valence-electron chi connectivity index (χ0n) is 13.9. The monoisotopic (exact) mass is 388 g/mol. The number of rotatable bonds is 4. The third kappa shape index (κ3) is 5.22. The molecule has 26 heavy (non-hydrogen) atoms. The second-order valence-corrected chi connectivity index (χ2v) is 6.08. The molecule has 1 amide bonds. The molecule has 1 atom stereocenters. The number of aromatic nitrogens is 2. The van der Waals surface area contributed by atoms with Crippen molar-refractivity contribution < 1.29 is 18.0 Å². The van der Waals surface area contributed by atoms with E-state index < -0.39 is 18.5 Å². The van der Waals surface area contributed by atoms with Crippen molar-refractivity contribution in [2.75, 3.05) is 18.4 Å². The fraction of sp³-hybridized carbons (Fsp3) is 0.412. The zero-order chi connectivity index (χ0) is 17.9. The van der Waals surface area contributed by atoms with Crippen LogP contribution in [0, 0.1) is 0 Å². The van der Waals surface area contributed by atoms with Gasteiger partial charge in [-0.2, -0.15) is 18.3 Å². The van der Waals surface area contributed by atoms with Crippen molar-refractivity contribution in [1.29, 1.82) is 0 Å². The fourth-order valence-electron chi connectivity index (χ4n) is 2.92. The molecule has 2 N–H and O–H groups in total. The number of nitrogens with one attached hydrogen (secondary N) is 2. The van der Waals surface area contributed by atoms with Crippen molar-refractivity contribution in [3.8, 4) is 0 Å². The highest BCUT2D eigenvalue weighted by atomic mass is 35.5. The van der Waals surface area contributed by atoms with Crippen molar-refractivity contribution in [2.45, 2.75) is 31.5 Å². The summed E-state index contributed by atoms with van der Waals surface area (Å²) >= 11 is 0. The zero-order valence-corrected chi connectivity index (χ0v) is 14.7. The average molecular weight is 389 g/mol. The molecule has 1 aromatic heterocycles. The van der Waals surface area contributed by atoms with E-state index in [2.05, 4.69) is 15.7 Å². The second kappa shape index (κ2) is 8.55. The van der Waals surface area contributed by atoms with E-state index in [0.717, 1.165) is 25.9 Å². The Kier molecular flexibility index (Phi) is 6.66. The Bertz CT molecular complexity index is 742. The maximum absolute atomic E-state index is 12.7. The van der Waals surface area contributed by atoms with Gasteiger partial charge in [0.25, 0.3) is 5.91 Å². The quantitative estimate of drug-likeness (QED) is 0.841. The number of halogens is 4. The molecule has 2 aromatic rings. The van der Waals surface area contributed by atoms with Crippen LogP contribution in [0.2, 0.25) is 0 Å².